The summed E-state index contributed by atoms with van der Waals surface area (Å²) in [4.78, 5) is 15.8. The standard InChI is InChI=1S/C12H14FN5OS/c1-14-7-10-16-12(20-18-10)17-11(19)15-6-8-3-2-4-9(13)5-8/h2-5,14H,6-7H2,1H3,(H2,15,16,17,18,19). The predicted octanol–water partition coefficient (Wildman–Crippen LogP) is 1.72. The molecule has 3 N–H and O–H groups in total. The molecule has 0 aliphatic heterocycles. The zero-order valence-electron chi connectivity index (χ0n) is 10.8. The quantitative estimate of drug-likeness (QED) is 0.785. The van der Waals surface area contributed by atoms with Gasteiger partial charge in [0.05, 0.1) is 6.54 Å². The summed E-state index contributed by atoms with van der Waals surface area (Å²) in [6.07, 6.45) is 0. The number of nitrogens with zero attached hydrogens (tertiary/aromatic N) is 2. The van der Waals surface area contributed by atoms with E-state index in [1.807, 2.05) is 0 Å². The molecular weight excluding hydrogens is 281 g/mol. The van der Waals surface area contributed by atoms with Gasteiger partial charge in [0.25, 0.3) is 0 Å². The fourth-order valence-electron chi connectivity index (χ4n) is 1.51. The SMILES string of the molecule is CNCc1nsc(NC(=O)NCc2cccc(F)c2)n1. The number of carbonyl (C=O) groups is 1. The van der Waals surface area contributed by atoms with E-state index < -0.39 is 6.03 Å². The number of urea groups is 1. The molecule has 1 aromatic carbocycles. The van der Waals surface area contributed by atoms with Gasteiger partial charge in [-0.25, -0.2) is 14.2 Å². The second-order valence-corrected chi connectivity index (χ2v) is 4.74. The molecule has 0 bridgehead atoms. The van der Waals surface area contributed by atoms with Gasteiger partial charge < -0.3 is 10.6 Å². The Morgan fingerprint density at radius 1 is 1.40 bits per heavy atom. The monoisotopic (exact) mass is 295 g/mol. The van der Waals surface area contributed by atoms with Crippen LogP contribution in [-0.2, 0) is 13.1 Å². The van der Waals surface area contributed by atoms with E-state index in [2.05, 4.69) is 25.3 Å². The van der Waals surface area contributed by atoms with E-state index in [0.29, 0.717) is 23.1 Å². The second-order valence-electron chi connectivity index (χ2n) is 3.98. The van der Waals surface area contributed by atoms with Gasteiger partial charge in [0, 0.05) is 18.1 Å². The minimum atomic E-state index is -0.401. The molecule has 0 saturated carbocycles. The summed E-state index contributed by atoms with van der Waals surface area (Å²) in [5, 5.41) is 8.54. The lowest BCUT2D eigenvalue weighted by Crippen LogP contribution is -2.28. The molecule has 0 aliphatic carbocycles. The van der Waals surface area contributed by atoms with Gasteiger partial charge in [-0.3, -0.25) is 5.32 Å². The summed E-state index contributed by atoms with van der Waals surface area (Å²) in [5.41, 5.74) is 0.688. The number of halogens is 1. The maximum Gasteiger partial charge on any atom is 0.321 e. The van der Waals surface area contributed by atoms with Crippen LogP contribution in [0.25, 0.3) is 0 Å². The first kappa shape index (κ1) is 14.4. The average Bonchev–Trinajstić information content (AvgIpc) is 2.84. The summed E-state index contributed by atoms with van der Waals surface area (Å²) in [5.74, 6) is 0.295. The van der Waals surface area contributed by atoms with E-state index in [-0.39, 0.29) is 12.4 Å². The molecule has 0 unspecified atom stereocenters. The van der Waals surface area contributed by atoms with Crippen molar-refractivity contribution in [2.75, 3.05) is 12.4 Å². The number of hydrogen-bond donors (Lipinski definition) is 3. The number of benzene rings is 1. The van der Waals surface area contributed by atoms with Crippen molar-refractivity contribution < 1.29 is 9.18 Å². The molecule has 0 atom stereocenters. The molecule has 106 valence electrons. The van der Waals surface area contributed by atoms with E-state index in [9.17, 15) is 9.18 Å². The summed E-state index contributed by atoms with van der Waals surface area (Å²) in [7, 11) is 1.79. The van der Waals surface area contributed by atoms with Crippen LogP contribution < -0.4 is 16.0 Å². The third-order valence-corrected chi connectivity index (χ3v) is 3.03. The lowest BCUT2D eigenvalue weighted by molar-refractivity contribution is 0.251. The van der Waals surface area contributed by atoms with Crippen molar-refractivity contribution in [3.8, 4) is 0 Å². The zero-order valence-corrected chi connectivity index (χ0v) is 11.6. The van der Waals surface area contributed by atoms with Gasteiger partial charge in [0.15, 0.2) is 5.82 Å². The number of carbonyl (C=O) groups excluding carboxylic acids is 1. The second kappa shape index (κ2) is 6.92. The van der Waals surface area contributed by atoms with Crippen molar-refractivity contribution in [2.24, 2.45) is 0 Å². The topological polar surface area (TPSA) is 78.9 Å². The van der Waals surface area contributed by atoms with E-state index in [1.165, 1.54) is 12.1 Å². The molecule has 0 aliphatic rings. The van der Waals surface area contributed by atoms with Gasteiger partial charge in [-0.2, -0.15) is 4.37 Å². The summed E-state index contributed by atoms with van der Waals surface area (Å²) in [6.45, 7) is 0.787. The van der Waals surface area contributed by atoms with Crippen LogP contribution >= 0.6 is 11.5 Å². The molecule has 2 rings (SSSR count). The van der Waals surface area contributed by atoms with Crippen LogP contribution in [0.15, 0.2) is 24.3 Å². The average molecular weight is 295 g/mol. The lowest BCUT2D eigenvalue weighted by atomic mass is 10.2. The number of hydrogen-bond acceptors (Lipinski definition) is 5. The molecule has 0 fully saturated rings. The Labute approximate surface area is 119 Å². The minimum Gasteiger partial charge on any atom is -0.334 e. The molecule has 0 radical (unpaired) electrons. The van der Waals surface area contributed by atoms with Gasteiger partial charge in [-0.05, 0) is 24.7 Å². The van der Waals surface area contributed by atoms with Crippen molar-refractivity contribution in [1.82, 2.24) is 20.0 Å². The van der Waals surface area contributed by atoms with Gasteiger partial charge in [0.2, 0.25) is 5.13 Å². The van der Waals surface area contributed by atoms with Crippen LogP contribution in [0.4, 0.5) is 14.3 Å². The summed E-state index contributed by atoms with van der Waals surface area (Å²) >= 11 is 1.11. The Hall–Kier alpha value is -2.06. The maximum absolute atomic E-state index is 13.0. The first-order valence-electron chi connectivity index (χ1n) is 5.94. The summed E-state index contributed by atoms with van der Waals surface area (Å²) < 4.78 is 17.0. The van der Waals surface area contributed by atoms with Crippen molar-refractivity contribution in [3.63, 3.8) is 0 Å². The van der Waals surface area contributed by atoms with Crippen LogP contribution in [0.2, 0.25) is 0 Å². The van der Waals surface area contributed by atoms with Crippen LogP contribution in [0.1, 0.15) is 11.4 Å². The highest BCUT2D eigenvalue weighted by atomic mass is 32.1. The fraction of sp³-hybridized carbons (Fsp3) is 0.250. The molecule has 2 aromatic rings. The van der Waals surface area contributed by atoms with Crippen molar-refractivity contribution in [1.29, 1.82) is 0 Å². The Balaban J connectivity index is 1.82. The molecule has 0 spiro atoms. The first-order valence-corrected chi connectivity index (χ1v) is 6.71. The third kappa shape index (κ3) is 4.25. The molecule has 20 heavy (non-hydrogen) atoms. The fourth-order valence-corrected chi connectivity index (χ4v) is 2.09. The number of aromatic nitrogens is 2. The highest BCUT2D eigenvalue weighted by Gasteiger charge is 2.07. The molecule has 6 nitrogen and oxygen atoms in total. The number of amides is 2. The van der Waals surface area contributed by atoms with E-state index in [1.54, 1.807) is 19.2 Å². The Morgan fingerprint density at radius 3 is 3.00 bits per heavy atom. The lowest BCUT2D eigenvalue weighted by Gasteiger charge is -2.05. The minimum absolute atomic E-state index is 0.242. The van der Waals surface area contributed by atoms with Gasteiger partial charge in [-0.1, -0.05) is 12.1 Å². The number of anilines is 1. The zero-order chi connectivity index (χ0) is 14.4. The van der Waals surface area contributed by atoms with Crippen molar-refractivity contribution in [3.05, 3.63) is 41.5 Å². The Morgan fingerprint density at radius 2 is 2.25 bits per heavy atom. The van der Waals surface area contributed by atoms with Crippen molar-refractivity contribution in [2.45, 2.75) is 13.1 Å². The smallest absolute Gasteiger partial charge is 0.321 e. The molecule has 2 amide bonds. The van der Waals surface area contributed by atoms with Crippen LogP contribution in [0, 0.1) is 5.82 Å². The van der Waals surface area contributed by atoms with Crippen LogP contribution in [0.3, 0.4) is 0 Å². The highest BCUT2D eigenvalue weighted by molar-refractivity contribution is 7.09. The Kier molecular flexibility index (Phi) is 4.97. The molecule has 1 aromatic heterocycles. The highest BCUT2D eigenvalue weighted by Crippen LogP contribution is 2.10. The van der Waals surface area contributed by atoms with Crippen LogP contribution in [-0.4, -0.2) is 22.4 Å². The molecule has 0 saturated heterocycles. The van der Waals surface area contributed by atoms with E-state index in [0.717, 1.165) is 11.5 Å². The van der Waals surface area contributed by atoms with E-state index in [4.69, 9.17) is 0 Å². The van der Waals surface area contributed by atoms with E-state index >= 15 is 0 Å². The van der Waals surface area contributed by atoms with Crippen molar-refractivity contribution >= 4 is 22.7 Å². The summed E-state index contributed by atoms with van der Waals surface area (Å²) in [6, 6.07) is 5.66. The molecule has 1 heterocycles. The molecule has 8 heteroatoms. The largest absolute Gasteiger partial charge is 0.334 e. The predicted molar refractivity (Wildman–Crippen MR) is 74.9 cm³/mol. The van der Waals surface area contributed by atoms with Gasteiger partial charge >= 0.3 is 6.03 Å². The van der Waals surface area contributed by atoms with Crippen LogP contribution in [0.5, 0.6) is 0 Å². The third-order valence-electron chi connectivity index (χ3n) is 2.37. The first-order chi connectivity index (χ1) is 9.67. The van der Waals surface area contributed by atoms with Gasteiger partial charge in [0.1, 0.15) is 5.82 Å². The maximum atomic E-state index is 13.0. The number of rotatable bonds is 5. The molecular formula is C12H14FN5OS. The Bertz CT molecular complexity index is 589. The normalized spacial score (nSPS) is 10.3. The number of nitrogens with one attached hydrogen (secondary N) is 3. The van der Waals surface area contributed by atoms with Gasteiger partial charge in [-0.15, -0.1) is 0 Å².